The predicted molar refractivity (Wildman–Crippen MR) is 35.0 cm³/mol. The second-order valence-electron chi connectivity index (χ2n) is 2.64. The van der Waals surface area contributed by atoms with Gasteiger partial charge in [-0.3, -0.25) is 0 Å². The molecule has 1 aliphatic rings. The summed E-state index contributed by atoms with van der Waals surface area (Å²) in [6.07, 6.45) is -1.61. The molecule has 0 bridgehead atoms. The monoisotopic (exact) mass is 163 g/mol. The van der Waals surface area contributed by atoms with Crippen LogP contribution in [0.2, 0.25) is 0 Å². The third-order valence-corrected chi connectivity index (χ3v) is 1.89. The van der Waals surface area contributed by atoms with Crippen molar-refractivity contribution in [2.75, 3.05) is 13.1 Å². The second kappa shape index (κ2) is 2.75. The van der Waals surface area contributed by atoms with E-state index < -0.39 is 17.7 Å². The van der Waals surface area contributed by atoms with Crippen molar-refractivity contribution in [3.63, 3.8) is 0 Å². The number of carbonyl (C=O) groups is 1. The molecule has 3 N–H and O–H groups in total. The Morgan fingerprint density at radius 1 is 1.73 bits per heavy atom. The second-order valence-corrected chi connectivity index (χ2v) is 2.64. The van der Waals surface area contributed by atoms with Gasteiger partial charge in [0, 0.05) is 13.0 Å². The zero-order valence-corrected chi connectivity index (χ0v) is 5.88. The molecule has 0 radical (unpaired) electrons. The maximum absolute atomic E-state index is 13.2. The lowest BCUT2D eigenvalue weighted by Crippen LogP contribution is -2.55. The van der Waals surface area contributed by atoms with Crippen molar-refractivity contribution in [1.29, 1.82) is 0 Å². The summed E-state index contributed by atoms with van der Waals surface area (Å²) < 4.78 is 13.2. The average Bonchev–Trinajstić information content (AvgIpc) is 1.95. The summed E-state index contributed by atoms with van der Waals surface area (Å²) in [4.78, 5) is 10.3. The van der Waals surface area contributed by atoms with Gasteiger partial charge in [0.25, 0.3) is 0 Å². The van der Waals surface area contributed by atoms with E-state index in [4.69, 9.17) is 10.2 Å². The number of hydrogen-bond acceptors (Lipinski definition) is 3. The number of aliphatic hydroxyl groups excluding tert-OH is 1. The number of β-amino-alcohol motifs (C(OH)–C–C–N with tert-alkyl or cyclic N) is 1. The highest BCUT2D eigenvalue weighted by atomic mass is 19.1. The van der Waals surface area contributed by atoms with Crippen molar-refractivity contribution in [1.82, 2.24) is 5.32 Å². The molecular weight excluding hydrogens is 153 g/mol. The van der Waals surface area contributed by atoms with E-state index in [2.05, 4.69) is 5.32 Å². The van der Waals surface area contributed by atoms with E-state index in [0.29, 0.717) is 6.54 Å². The molecule has 0 spiro atoms. The van der Waals surface area contributed by atoms with Crippen LogP contribution in [-0.4, -0.2) is 41.0 Å². The molecule has 1 heterocycles. The number of hydrogen-bond donors (Lipinski definition) is 3. The van der Waals surface area contributed by atoms with Crippen LogP contribution in [0.3, 0.4) is 0 Å². The Hall–Kier alpha value is -0.680. The maximum Gasteiger partial charge on any atom is 0.344 e. The first-order valence-corrected chi connectivity index (χ1v) is 3.38. The fourth-order valence-corrected chi connectivity index (χ4v) is 1.09. The Balaban J connectivity index is 2.72. The van der Waals surface area contributed by atoms with Crippen LogP contribution in [0.4, 0.5) is 4.39 Å². The molecule has 1 fully saturated rings. The van der Waals surface area contributed by atoms with Gasteiger partial charge in [-0.2, -0.15) is 0 Å². The summed E-state index contributed by atoms with van der Waals surface area (Å²) in [6, 6.07) is 0. The van der Waals surface area contributed by atoms with E-state index in [0.717, 1.165) is 0 Å². The topological polar surface area (TPSA) is 69.6 Å². The minimum atomic E-state index is -2.45. The van der Waals surface area contributed by atoms with Gasteiger partial charge in [0.05, 0.1) is 0 Å². The lowest BCUT2D eigenvalue weighted by atomic mass is 9.92. The lowest BCUT2D eigenvalue weighted by molar-refractivity contribution is -0.162. The Kier molecular flexibility index (Phi) is 2.10. The summed E-state index contributed by atoms with van der Waals surface area (Å²) in [5.74, 6) is -1.58. The molecule has 64 valence electrons. The van der Waals surface area contributed by atoms with Crippen LogP contribution in [0.5, 0.6) is 0 Å². The average molecular weight is 163 g/mol. The van der Waals surface area contributed by atoms with Crippen molar-refractivity contribution in [2.45, 2.75) is 18.2 Å². The molecular formula is C6H10FNO3. The van der Waals surface area contributed by atoms with Gasteiger partial charge in [0.15, 0.2) is 0 Å². The Morgan fingerprint density at radius 3 is 2.73 bits per heavy atom. The quantitative estimate of drug-likeness (QED) is 0.470. The fraction of sp³-hybridized carbons (Fsp3) is 0.833. The maximum atomic E-state index is 13.2. The van der Waals surface area contributed by atoms with Crippen LogP contribution < -0.4 is 5.32 Å². The highest BCUT2D eigenvalue weighted by Crippen LogP contribution is 2.23. The first-order valence-electron chi connectivity index (χ1n) is 3.38. The summed E-state index contributed by atoms with van der Waals surface area (Å²) in [5, 5.41) is 20.1. The van der Waals surface area contributed by atoms with Crippen molar-refractivity contribution in [3.05, 3.63) is 0 Å². The summed E-state index contributed by atoms with van der Waals surface area (Å²) >= 11 is 0. The van der Waals surface area contributed by atoms with E-state index in [1.165, 1.54) is 0 Å². The standard InChI is InChI=1S/C6H10FNO3/c7-6(5(10)11)1-2-8-3-4(6)9/h4,8-9H,1-3H2,(H,10,11). The molecule has 1 saturated heterocycles. The first kappa shape index (κ1) is 8.42. The normalized spacial score (nSPS) is 38.5. The number of nitrogens with one attached hydrogen (secondary N) is 1. The number of aliphatic carboxylic acids is 1. The molecule has 0 saturated carbocycles. The largest absolute Gasteiger partial charge is 0.479 e. The summed E-state index contributed by atoms with van der Waals surface area (Å²) in [7, 11) is 0. The van der Waals surface area contributed by atoms with Crippen LogP contribution in [0.1, 0.15) is 6.42 Å². The smallest absolute Gasteiger partial charge is 0.344 e. The minimum Gasteiger partial charge on any atom is -0.479 e. The number of carboxylic acid groups (broad SMARTS) is 1. The Morgan fingerprint density at radius 2 is 2.36 bits per heavy atom. The summed E-state index contributed by atoms with van der Waals surface area (Å²) in [6.45, 7) is 0.294. The molecule has 5 heteroatoms. The Bertz CT molecular complexity index is 175. The van der Waals surface area contributed by atoms with E-state index in [-0.39, 0.29) is 13.0 Å². The number of rotatable bonds is 1. The molecule has 1 rings (SSSR count). The van der Waals surface area contributed by atoms with E-state index in [1.54, 1.807) is 0 Å². The van der Waals surface area contributed by atoms with Gasteiger partial charge in [-0.25, -0.2) is 9.18 Å². The number of piperidine rings is 1. The molecule has 1 aliphatic heterocycles. The molecule has 0 aromatic heterocycles. The first-order chi connectivity index (χ1) is 5.07. The third kappa shape index (κ3) is 1.34. The molecule has 0 aliphatic carbocycles. The number of carboxylic acids is 1. The molecule has 0 aromatic carbocycles. The van der Waals surface area contributed by atoms with Crippen molar-refractivity contribution in [3.8, 4) is 0 Å². The van der Waals surface area contributed by atoms with Gasteiger partial charge in [-0.1, -0.05) is 0 Å². The van der Waals surface area contributed by atoms with Crippen molar-refractivity contribution < 1.29 is 19.4 Å². The Labute approximate surface area is 63.0 Å². The highest BCUT2D eigenvalue weighted by molar-refractivity contribution is 5.78. The van der Waals surface area contributed by atoms with E-state index in [9.17, 15) is 9.18 Å². The number of alkyl halides is 1. The van der Waals surface area contributed by atoms with Crippen LogP contribution in [0, 0.1) is 0 Å². The highest BCUT2D eigenvalue weighted by Gasteiger charge is 2.47. The molecule has 2 atom stereocenters. The molecule has 0 amide bonds. The molecule has 11 heavy (non-hydrogen) atoms. The molecule has 0 aromatic rings. The van der Waals surface area contributed by atoms with E-state index >= 15 is 0 Å². The van der Waals surface area contributed by atoms with Gasteiger partial charge in [0.2, 0.25) is 5.67 Å². The number of aliphatic hydroxyl groups is 1. The van der Waals surface area contributed by atoms with E-state index in [1.807, 2.05) is 0 Å². The number of halogens is 1. The van der Waals surface area contributed by atoms with Crippen molar-refractivity contribution >= 4 is 5.97 Å². The van der Waals surface area contributed by atoms with Crippen LogP contribution in [0.25, 0.3) is 0 Å². The van der Waals surface area contributed by atoms with Crippen LogP contribution >= 0.6 is 0 Å². The van der Waals surface area contributed by atoms with Gasteiger partial charge < -0.3 is 15.5 Å². The lowest BCUT2D eigenvalue weighted by Gasteiger charge is -2.30. The molecule has 2 unspecified atom stereocenters. The predicted octanol–water partition coefficient (Wildman–Crippen LogP) is -0.867. The van der Waals surface area contributed by atoms with Gasteiger partial charge in [-0.05, 0) is 6.54 Å². The SMILES string of the molecule is O=C(O)C1(F)CCNCC1O. The summed E-state index contributed by atoms with van der Waals surface area (Å²) in [5.41, 5.74) is -2.45. The third-order valence-electron chi connectivity index (χ3n) is 1.89. The van der Waals surface area contributed by atoms with Gasteiger partial charge in [-0.15, -0.1) is 0 Å². The van der Waals surface area contributed by atoms with Gasteiger partial charge >= 0.3 is 5.97 Å². The minimum absolute atomic E-state index is 0.00278. The zero-order chi connectivity index (χ0) is 8.48. The zero-order valence-electron chi connectivity index (χ0n) is 5.88. The van der Waals surface area contributed by atoms with Crippen LogP contribution in [0.15, 0.2) is 0 Å². The fourth-order valence-electron chi connectivity index (χ4n) is 1.09. The van der Waals surface area contributed by atoms with Crippen LogP contribution in [-0.2, 0) is 4.79 Å². The molecule has 4 nitrogen and oxygen atoms in total. The van der Waals surface area contributed by atoms with Gasteiger partial charge in [0.1, 0.15) is 6.10 Å². The van der Waals surface area contributed by atoms with Crippen molar-refractivity contribution in [2.24, 2.45) is 0 Å².